The van der Waals surface area contributed by atoms with E-state index in [1.807, 2.05) is 17.9 Å². The van der Waals surface area contributed by atoms with E-state index >= 15 is 0 Å². The van der Waals surface area contributed by atoms with Gasteiger partial charge in [-0.25, -0.2) is 0 Å². The van der Waals surface area contributed by atoms with E-state index in [0.717, 1.165) is 17.4 Å². The molecule has 0 spiro atoms. The van der Waals surface area contributed by atoms with Crippen molar-refractivity contribution in [2.45, 2.75) is 19.3 Å². The van der Waals surface area contributed by atoms with Gasteiger partial charge in [0.1, 0.15) is 0 Å². The van der Waals surface area contributed by atoms with Crippen molar-refractivity contribution in [3.05, 3.63) is 53.3 Å². The Bertz CT molecular complexity index is 490. The van der Waals surface area contributed by atoms with Crippen LogP contribution in [-0.4, -0.2) is 15.1 Å². The minimum Gasteiger partial charge on any atom is -0.276 e. The highest BCUT2D eigenvalue weighted by Crippen LogP contribution is 2.23. The van der Waals surface area contributed by atoms with Gasteiger partial charge in [0, 0.05) is 18.6 Å². The van der Waals surface area contributed by atoms with Crippen LogP contribution in [0.3, 0.4) is 0 Å². The number of benzene rings is 1. The second-order valence-corrected chi connectivity index (χ2v) is 5.10. The highest BCUT2D eigenvalue weighted by atomic mass is 79.9. The molecule has 1 aromatic heterocycles. The van der Waals surface area contributed by atoms with E-state index < -0.39 is 0 Å². The molecule has 1 atom stereocenters. The third kappa shape index (κ3) is 3.19. The van der Waals surface area contributed by atoms with Gasteiger partial charge in [-0.05, 0) is 30.9 Å². The summed E-state index contributed by atoms with van der Waals surface area (Å²) >= 11 is 3.61. The lowest BCUT2D eigenvalue weighted by Crippen LogP contribution is -2.05. The largest absolute Gasteiger partial charge is 0.276 e. The van der Waals surface area contributed by atoms with Gasteiger partial charge in [-0.15, -0.1) is 0 Å². The van der Waals surface area contributed by atoms with E-state index in [9.17, 15) is 0 Å². The van der Waals surface area contributed by atoms with E-state index in [1.165, 1.54) is 11.1 Å². The van der Waals surface area contributed by atoms with Crippen LogP contribution >= 0.6 is 15.9 Å². The Balaban J connectivity index is 2.16. The maximum atomic E-state index is 4.44. The molecule has 1 aromatic carbocycles. The van der Waals surface area contributed by atoms with E-state index in [0.29, 0.717) is 5.92 Å². The quantitative estimate of drug-likeness (QED) is 0.789. The maximum Gasteiger partial charge on any atom is 0.0630 e. The number of aromatic nitrogens is 2. The number of nitrogens with zero attached hydrogens (tertiary/aromatic N) is 2. The molecule has 0 aliphatic heterocycles. The fourth-order valence-electron chi connectivity index (χ4n) is 2.01. The molecular weight excluding hydrogens is 276 g/mol. The molecule has 1 unspecified atom stereocenters. The molecule has 0 aliphatic carbocycles. The Labute approximate surface area is 111 Å². The topological polar surface area (TPSA) is 17.8 Å². The fraction of sp³-hybridized carbons (Fsp3) is 0.357. The number of hydrogen-bond acceptors (Lipinski definition) is 1. The standard InChI is InChI=1S/C14H17BrN2/c1-11-4-3-5-12(8-11)13(10-15)9-14-6-7-17(2)16-14/h3-8,13H,9-10H2,1-2H3. The highest BCUT2D eigenvalue weighted by Gasteiger charge is 2.12. The minimum atomic E-state index is 0.491. The van der Waals surface area contributed by atoms with E-state index in [2.05, 4.69) is 58.3 Å². The zero-order chi connectivity index (χ0) is 12.3. The SMILES string of the molecule is Cc1cccc(C(CBr)Cc2ccn(C)n2)c1. The summed E-state index contributed by atoms with van der Waals surface area (Å²) in [7, 11) is 1.96. The van der Waals surface area contributed by atoms with Crippen molar-refractivity contribution in [2.24, 2.45) is 7.05 Å². The average molecular weight is 293 g/mol. The molecule has 90 valence electrons. The molecule has 0 fully saturated rings. The summed E-state index contributed by atoms with van der Waals surface area (Å²) in [5, 5.41) is 5.41. The van der Waals surface area contributed by atoms with Crippen LogP contribution < -0.4 is 0 Å². The molecule has 0 radical (unpaired) electrons. The van der Waals surface area contributed by atoms with Crippen LogP contribution in [0.15, 0.2) is 36.5 Å². The third-order valence-corrected chi connectivity index (χ3v) is 3.71. The van der Waals surface area contributed by atoms with Crippen LogP contribution in [0.5, 0.6) is 0 Å². The third-order valence-electron chi connectivity index (χ3n) is 2.92. The Morgan fingerprint density at radius 1 is 1.35 bits per heavy atom. The van der Waals surface area contributed by atoms with Gasteiger partial charge in [0.2, 0.25) is 0 Å². The normalized spacial score (nSPS) is 12.6. The van der Waals surface area contributed by atoms with Gasteiger partial charge in [-0.2, -0.15) is 5.10 Å². The molecule has 17 heavy (non-hydrogen) atoms. The number of hydrogen-bond donors (Lipinski definition) is 0. The molecule has 2 rings (SSSR count). The van der Waals surface area contributed by atoms with Gasteiger partial charge in [-0.3, -0.25) is 4.68 Å². The molecule has 0 saturated heterocycles. The Morgan fingerprint density at radius 3 is 2.76 bits per heavy atom. The van der Waals surface area contributed by atoms with E-state index in [-0.39, 0.29) is 0 Å². The van der Waals surface area contributed by atoms with Crippen molar-refractivity contribution in [2.75, 3.05) is 5.33 Å². The summed E-state index contributed by atoms with van der Waals surface area (Å²) in [6.45, 7) is 2.13. The highest BCUT2D eigenvalue weighted by molar-refractivity contribution is 9.09. The lowest BCUT2D eigenvalue weighted by Gasteiger charge is -2.13. The lowest BCUT2D eigenvalue weighted by molar-refractivity contribution is 0.701. The Kier molecular flexibility index (Phi) is 4.00. The molecule has 0 bridgehead atoms. The molecule has 0 aliphatic rings. The predicted octanol–water partition coefficient (Wildman–Crippen LogP) is 3.45. The first-order valence-corrected chi connectivity index (χ1v) is 6.92. The van der Waals surface area contributed by atoms with Gasteiger partial charge in [0.25, 0.3) is 0 Å². The first-order valence-electron chi connectivity index (χ1n) is 5.80. The van der Waals surface area contributed by atoms with Crippen molar-refractivity contribution >= 4 is 15.9 Å². The van der Waals surface area contributed by atoms with Crippen molar-refractivity contribution in [1.82, 2.24) is 9.78 Å². The van der Waals surface area contributed by atoms with Gasteiger partial charge < -0.3 is 0 Å². The van der Waals surface area contributed by atoms with Gasteiger partial charge >= 0.3 is 0 Å². The summed E-state index contributed by atoms with van der Waals surface area (Å²) < 4.78 is 1.86. The van der Waals surface area contributed by atoms with E-state index in [4.69, 9.17) is 0 Å². The Morgan fingerprint density at radius 2 is 2.18 bits per heavy atom. The van der Waals surface area contributed by atoms with Crippen molar-refractivity contribution < 1.29 is 0 Å². The number of alkyl halides is 1. The van der Waals surface area contributed by atoms with Gasteiger partial charge in [0.05, 0.1) is 5.69 Å². The molecule has 0 amide bonds. The molecule has 0 N–H and O–H groups in total. The van der Waals surface area contributed by atoms with Crippen LogP contribution in [0.1, 0.15) is 22.7 Å². The zero-order valence-corrected chi connectivity index (χ0v) is 11.8. The second kappa shape index (κ2) is 5.50. The first kappa shape index (κ1) is 12.4. The summed E-state index contributed by atoms with van der Waals surface area (Å²) in [6.07, 6.45) is 2.98. The minimum absolute atomic E-state index is 0.491. The average Bonchev–Trinajstić information content (AvgIpc) is 2.72. The maximum absolute atomic E-state index is 4.44. The molecule has 3 heteroatoms. The van der Waals surface area contributed by atoms with Crippen LogP contribution in [0.2, 0.25) is 0 Å². The van der Waals surface area contributed by atoms with Crippen LogP contribution in [-0.2, 0) is 13.5 Å². The van der Waals surface area contributed by atoms with Gasteiger partial charge in [-0.1, -0.05) is 45.8 Å². The summed E-state index contributed by atoms with van der Waals surface area (Å²) in [6, 6.07) is 10.8. The molecule has 1 heterocycles. The van der Waals surface area contributed by atoms with Gasteiger partial charge in [0.15, 0.2) is 0 Å². The summed E-state index contributed by atoms with van der Waals surface area (Å²) in [5.41, 5.74) is 3.85. The van der Waals surface area contributed by atoms with Crippen LogP contribution in [0, 0.1) is 6.92 Å². The summed E-state index contributed by atoms with van der Waals surface area (Å²) in [5.74, 6) is 0.491. The van der Waals surface area contributed by atoms with Crippen molar-refractivity contribution in [3.63, 3.8) is 0 Å². The number of aryl methyl sites for hydroxylation is 2. The number of halogens is 1. The Hall–Kier alpha value is -1.09. The monoisotopic (exact) mass is 292 g/mol. The summed E-state index contributed by atoms with van der Waals surface area (Å²) in [4.78, 5) is 0. The molecule has 2 nitrogen and oxygen atoms in total. The first-order chi connectivity index (χ1) is 8.19. The lowest BCUT2D eigenvalue weighted by atomic mass is 9.95. The predicted molar refractivity (Wildman–Crippen MR) is 74.6 cm³/mol. The number of rotatable bonds is 4. The van der Waals surface area contributed by atoms with Crippen molar-refractivity contribution in [3.8, 4) is 0 Å². The smallest absolute Gasteiger partial charge is 0.0630 e. The fourth-order valence-corrected chi connectivity index (χ4v) is 2.61. The van der Waals surface area contributed by atoms with Crippen LogP contribution in [0.4, 0.5) is 0 Å². The molecule has 0 saturated carbocycles. The molecular formula is C14H17BrN2. The van der Waals surface area contributed by atoms with Crippen molar-refractivity contribution in [1.29, 1.82) is 0 Å². The molecule has 2 aromatic rings. The van der Waals surface area contributed by atoms with E-state index in [1.54, 1.807) is 0 Å². The second-order valence-electron chi connectivity index (χ2n) is 4.45. The van der Waals surface area contributed by atoms with Crippen LogP contribution in [0.25, 0.3) is 0 Å². The zero-order valence-electron chi connectivity index (χ0n) is 10.2.